The normalized spacial score (nSPS) is 28.7. The lowest BCUT2D eigenvalue weighted by Gasteiger charge is -2.45. The fraction of sp³-hybridized carbons (Fsp3) is 0.500. The molecule has 0 amide bonds. The topological polar surface area (TPSA) is 148 Å². The van der Waals surface area contributed by atoms with Crippen LogP contribution < -0.4 is 4.74 Å². The minimum absolute atomic E-state index is 0.188. The van der Waals surface area contributed by atoms with E-state index < -0.39 is 37.0 Å². The summed E-state index contributed by atoms with van der Waals surface area (Å²) in [5, 5.41) is 59.6. The second-order valence-corrected chi connectivity index (χ2v) is 9.67. The molecule has 9 nitrogen and oxygen atoms in total. The van der Waals surface area contributed by atoms with Crippen molar-refractivity contribution in [3.05, 3.63) is 58.3 Å². The molecule has 0 unspecified atom stereocenters. The molecule has 0 spiro atoms. The van der Waals surface area contributed by atoms with Gasteiger partial charge in [0.25, 0.3) is 5.79 Å². The summed E-state index contributed by atoms with van der Waals surface area (Å²) in [4.78, 5) is 0. The summed E-state index contributed by atoms with van der Waals surface area (Å²) < 4.78 is 10.9. The number of aryl methyl sites for hydroxylation is 5. The van der Waals surface area contributed by atoms with Gasteiger partial charge in [0, 0.05) is 5.69 Å². The summed E-state index contributed by atoms with van der Waals surface area (Å²) in [7, 11) is 0. The number of hydrogen-bond donors (Lipinski definition) is 6. The van der Waals surface area contributed by atoms with Crippen LogP contribution in [0.2, 0.25) is 0 Å². The molecule has 1 aromatic heterocycles. The van der Waals surface area contributed by atoms with E-state index in [1.165, 1.54) is 29.5 Å². The maximum absolute atomic E-state index is 11.0. The molecule has 0 bridgehead atoms. The van der Waals surface area contributed by atoms with Crippen molar-refractivity contribution < 1.29 is 35.0 Å². The van der Waals surface area contributed by atoms with Gasteiger partial charge in [-0.15, -0.1) is 0 Å². The van der Waals surface area contributed by atoms with Gasteiger partial charge < -0.3 is 35.0 Å². The summed E-state index contributed by atoms with van der Waals surface area (Å²) >= 11 is 0. The van der Waals surface area contributed by atoms with Gasteiger partial charge >= 0.3 is 0 Å². The number of benzene rings is 2. The van der Waals surface area contributed by atoms with Gasteiger partial charge in [-0.05, 0) is 79.8 Å². The monoisotopic (exact) mass is 484 g/mol. The van der Waals surface area contributed by atoms with Crippen molar-refractivity contribution >= 4 is 10.9 Å². The van der Waals surface area contributed by atoms with Crippen LogP contribution in [-0.2, 0) is 30.4 Å². The number of nitrogens with zero attached hydrogens (tertiary/aromatic N) is 1. The van der Waals surface area contributed by atoms with E-state index in [4.69, 9.17) is 9.47 Å². The van der Waals surface area contributed by atoms with Crippen molar-refractivity contribution in [2.75, 3.05) is 6.61 Å². The first-order chi connectivity index (χ1) is 16.8. The SMILES string of the molecule is Cc1cc(O[C@]2(O)[C@@H](O)O[C@H](CO)[C@@H](O)[C@@H]2O)c2c(CCc3ccc4c(c3)CCCC4)[nH]nc2c1. The predicted octanol–water partition coefficient (Wildman–Crippen LogP) is 1.03. The van der Waals surface area contributed by atoms with Gasteiger partial charge in [0.1, 0.15) is 18.0 Å². The lowest BCUT2D eigenvalue weighted by Crippen LogP contribution is -2.69. The molecule has 2 aliphatic rings. The Kier molecular flexibility index (Phi) is 6.56. The first-order valence-electron chi connectivity index (χ1n) is 12.1. The first kappa shape index (κ1) is 24.2. The zero-order valence-corrected chi connectivity index (χ0v) is 19.6. The van der Waals surface area contributed by atoms with Crippen molar-refractivity contribution in [3.63, 3.8) is 0 Å². The molecule has 9 heteroatoms. The summed E-state index contributed by atoms with van der Waals surface area (Å²) in [6.07, 6.45) is -0.737. The minimum Gasteiger partial charge on any atom is -0.453 e. The summed E-state index contributed by atoms with van der Waals surface area (Å²) in [6, 6.07) is 10.2. The Hall–Kier alpha value is -2.53. The third-order valence-electron chi connectivity index (χ3n) is 7.15. The van der Waals surface area contributed by atoms with E-state index in [0.29, 0.717) is 17.3 Å². The quantitative estimate of drug-likeness (QED) is 0.284. The van der Waals surface area contributed by atoms with Crippen LogP contribution in [-0.4, -0.2) is 72.7 Å². The highest BCUT2D eigenvalue weighted by atomic mass is 16.7. The average molecular weight is 485 g/mol. The smallest absolute Gasteiger partial charge is 0.288 e. The van der Waals surface area contributed by atoms with Crippen LogP contribution in [0.15, 0.2) is 30.3 Å². The minimum atomic E-state index is -2.65. The van der Waals surface area contributed by atoms with Crippen LogP contribution in [0.3, 0.4) is 0 Å². The fourth-order valence-corrected chi connectivity index (χ4v) is 5.16. The molecular weight excluding hydrogens is 452 g/mol. The van der Waals surface area contributed by atoms with Crippen LogP contribution in [0.25, 0.3) is 10.9 Å². The lowest BCUT2D eigenvalue weighted by molar-refractivity contribution is -0.385. The molecule has 1 saturated heterocycles. The molecule has 1 fully saturated rings. The van der Waals surface area contributed by atoms with E-state index >= 15 is 0 Å². The first-order valence-corrected chi connectivity index (χ1v) is 12.1. The molecule has 3 aromatic rings. The number of H-pyrrole nitrogens is 1. The molecule has 5 atom stereocenters. The zero-order valence-electron chi connectivity index (χ0n) is 19.6. The standard InChI is InChI=1S/C26H32N2O7/c1-14-10-19-22(20(11-14)35-26(33)24(31)23(30)21(13-29)34-25(26)32)18(27-28-19)9-7-15-6-8-16-4-2-3-5-17(16)12-15/h6,8,10-12,21,23-25,29-33H,2-5,7,9,13H2,1H3,(H,27,28)/t21-,23-,24+,25+,26+/m1/s1. The maximum Gasteiger partial charge on any atom is 0.288 e. The second kappa shape index (κ2) is 9.50. The highest BCUT2D eigenvalue weighted by Crippen LogP contribution is 2.37. The second-order valence-electron chi connectivity index (χ2n) is 9.67. The lowest BCUT2D eigenvalue weighted by atomic mass is 9.89. The van der Waals surface area contributed by atoms with Gasteiger partial charge in [-0.25, -0.2) is 0 Å². The number of aliphatic hydroxyl groups excluding tert-OH is 4. The Morgan fingerprint density at radius 1 is 1.09 bits per heavy atom. The maximum atomic E-state index is 11.0. The third-order valence-corrected chi connectivity index (χ3v) is 7.15. The molecule has 5 rings (SSSR count). The molecule has 35 heavy (non-hydrogen) atoms. The Morgan fingerprint density at radius 2 is 1.86 bits per heavy atom. The fourth-order valence-electron chi connectivity index (χ4n) is 5.16. The van der Waals surface area contributed by atoms with Gasteiger partial charge in [0.15, 0.2) is 6.10 Å². The summed E-state index contributed by atoms with van der Waals surface area (Å²) in [5.41, 5.74) is 6.27. The van der Waals surface area contributed by atoms with Crippen LogP contribution in [0.5, 0.6) is 5.75 Å². The number of fused-ring (bicyclic) bond motifs is 2. The number of aromatic nitrogens is 2. The van der Waals surface area contributed by atoms with Crippen LogP contribution >= 0.6 is 0 Å². The van der Waals surface area contributed by atoms with Crippen molar-refractivity contribution in [1.29, 1.82) is 0 Å². The predicted molar refractivity (Wildman–Crippen MR) is 127 cm³/mol. The highest BCUT2D eigenvalue weighted by Gasteiger charge is 2.57. The zero-order chi connectivity index (χ0) is 24.7. The van der Waals surface area contributed by atoms with Gasteiger partial charge in [-0.1, -0.05) is 18.2 Å². The van der Waals surface area contributed by atoms with E-state index in [0.717, 1.165) is 30.5 Å². The largest absolute Gasteiger partial charge is 0.453 e. The molecule has 2 aromatic carbocycles. The Bertz CT molecular complexity index is 1210. The summed E-state index contributed by atoms with van der Waals surface area (Å²) in [5.74, 6) is -2.47. The third kappa shape index (κ3) is 4.44. The van der Waals surface area contributed by atoms with Crippen molar-refractivity contribution in [2.45, 2.75) is 75.8 Å². The van der Waals surface area contributed by atoms with Crippen LogP contribution in [0.1, 0.15) is 40.8 Å². The van der Waals surface area contributed by atoms with E-state index in [9.17, 15) is 25.5 Å². The van der Waals surface area contributed by atoms with Crippen molar-refractivity contribution in [1.82, 2.24) is 10.2 Å². The number of ether oxygens (including phenoxy) is 2. The van der Waals surface area contributed by atoms with Crippen molar-refractivity contribution in [3.8, 4) is 5.75 Å². The average Bonchev–Trinajstić information content (AvgIpc) is 3.26. The van der Waals surface area contributed by atoms with E-state index in [1.54, 1.807) is 6.07 Å². The van der Waals surface area contributed by atoms with Crippen LogP contribution in [0.4, 0.5) is 0 Å². The number of rotatable bonds is 6. The highest BCUT2D eigenvalue weighted by molar-refractivity contribution is 5.88. The van der Waals surface area contributed by atoms with Gasteiger partial charge in [-0.2, -0.15) is 5.10 Å². The summed E-state index contributed by atoms with van der Waals surface area (Å²) in [6.45, 7) is 1.19. The van der Waals surface area contributed by atoms with Gasteiger partial charge in [0.05, 0.1) is 17.5 Å². The molecule has 0 saturated carbocycles. The molecular formula is C26H32N2O7. The molecule has 1 aliphatic heterocycles. The molecule has 1 aliphatic carbocycles. The molecule has 0 radical (unpaired) electrons. The number of hydrogen-bond acceptors (Lipinski definition) is 8. The molecule has 188 valence electrons. The Morgan fingerprint density at radius 3 is 2.63 bits per heavy atom. The Balaban J connectivity index is 1.43. The van der Waals surface area contributed by atoms with E-state index in [-0.39, 0.29) is 5.75 Å². The Labute approximate surface area is 202 Å². The number of aromatic amines is 1. The van der Waals surface area contributed by atoms with E-state index in [1.807, 2.05) is 13.0 Å². The number of nitrogens with one attached hydrogen (secondary N) is 1. The molecule has 2 heterocycles. The molecule has 6 N–H and O–H groups in total. The number of aliphatic hydroxyl groups is 5. The van der Waals surface area contributed by atoms with E-state index in [2.05, 4.69) is 28.4 Å². The van der Waals surface area contributed by atoms with Gasteiger partial charge in [-0.3, -0.25) is 5.10 Å². The van der Waals surface area contributed by atoms with Crippen molar-refractivity contribution in [2.24, 2.45) is 0 Å². The van der Waals surface area contributed by atoms with Crippen LogP contribution in [0, 0.1) is 6.92 Å². The van der Waals surface area contributed by atoms with Gasteiger partial charge in [0.2, 0.25) is 6.29 Å².